The normalized spacial score (nSPS) is 22.4. The molecule has 0 aromatic heterocycles. The van der Waals surface area contributed by atoms with E-state index in [0.717, 1.165) is 18.5 Å². The molecule has 0 amide bonds. The predicted octanol–water partition coefficient (Wildman–Crippen LogP) is 3.24. The molecule has 0 saturated carbocycles. The van der Waals surface area contributed by atoms with E-state index >= 15 is 0 Å². The second-order valence-corrected chi connectivity index (χ2v) is 4.84. The molecule has 1 heterocycles. The lowest BCUT2D eigenvalue weighted by Gasteiger charge is -2.18. The Morgan fingerprint density at radius 1 is 1.39 bits per heavy atom. The SMILES string of the molecule is COC(=O)C1CCNC1c1ccc(Cl)c(Cl)c1.Cl. The lowest BCUT2D eigenvalue weighted by molar-refractivity contribution is -0.145. The van der Waals surface area contributed by atoms with Crippen LogP contribution in [0.1, 0.15) is 18.0 Å². The molecule has 0 aliphatic carbocycles. The second-order valence-electron chi connectivity index (χ2n) is 4.02. The van der Waals surface area contributed by atoms with Gasteiger partial charge < -0.3 is 10.1 Å². The molecule has 1 aliphatic rings. The minimum atomic E-state index is -0.189. The van der Waals surface area contributed by atoms with E-state index in [1.165, 1.54) is 7.11 Å². The molecule has 3 nitrogen and oxygen atoms in total. The smallest absolute Gasteiger partial charge is 0.310 e. The summed E-state index contributed by atoms with van der Waals surface area (Å²) in [4.78, 5) is 11.6. The van der Waals surface area contributed by atoms with Crippen molar-refractivity contribution in [2.24, 2.45) is 5.92 Å². The van der Waals surface area contributed by atoms with Crippen LogP contribution in [0.25, 0.3) is 0 Å². The second kappa shape index (κ2) is 6.62. The van der Waals surface area contributed by atoms with Crippen LogP contribution < -0.4 is 5.32 Å². The first kappa shape index (κ1) is 15.6. The van der Waals surface area contributed by atoms with Gasteiger partial charge in [0.05, 0.1) is 23.1 Å². The van der Waals surface area contributed by atoms with Gasteiger partial charge in [-0.05, 0) is 30.7 Å². The van der Waals surface area contributed by atoms with Gasteiger partial charge in [0.25, 0.3) is 0 Å². The van der Waals surface area contributed by atoms with Crippen molar-refractivity contribution >= 4 is 41.6 Å². The van der Waals surface area contributed by atoms with Crippen LogP contribution in [0.5, 0.6) is 0 Å². The fourth-order valence-electron chi connectivity index (χ4n) is 2.16. The van der Waals surface area contributed by atoms with Crippen LogP contribution in [0.4, 0.5) is 0 Å². The molecule has 2 unspecified atom stereocenters. The number of ether oxygens (including phenoxy) is 1. The fraction of sp³-hybridized carbons (Fsp3) is 0.417. The zero-order valence-electron chi connectivity index (χ0n) is 9.78. The number of esters is 1. The molecule has 0 radical (unpaired) electrons. The lowest BCUT2D eigenvalue weighted by Crippen LogP contribution is -2.24. The van der Waals surface area contributed by atoms with Gasteiger partial charge in [-0.3, -0.25) is 4.79 Å². The van der Waals surface area contributed by atoms with Crippen LogP contribution in [0.2, 0.25) is 10.0 Å². The van der Waals surface area contributed by atoms with Crippen molar-refractivity contribution in [1.29, 1.82) is 0 Å². The van der Waals surface area contributed by atoms with E-state index in [1.54, 1.807) is 12.1 Å². The minimum Gasteiger partial charge on any atom is -0.469 e. The number of hydrogen-bond donors (Lipinski definition) is 1. The third kappa shape index (κ3) is 3.09. The highest BCUT2D eigenvalue weighted by atomic mass is 35.5. The summed E-state index contributed by atoms with van der Waals surface area (Å²) < 4.78 is 4.80. The number of rotatable bonds is 2. The van der Waals surface area contributed by atoms with Gasteiger partial charge in [0.1, 0.15) is 0 Å². The highest BCUT2D eigenvalue weighted by molar-refractivity contribution is 6.42. The summed E-state index contributed by atoms with van der Waals surface area (Å²) in [6.07, 6.45) is 0.775. The van der Waals surface area contributed by atoms with Gasteiger partial charge in [-0.1, -0.05) is 29.3 Å². The molecule has 0 bridgehead atoms. The Hall–Kier alpha value is -0.480. The molecule has 1 N–H and O–H groups in total. The van der Waals surface area contributed by atoms with Crippen molar-refractivity contribution in [2.75, 3.05) is 13.7 Å². The largest absolute Gasteiger partial charge is 0.469 e. The van der Waals surface area contributed by atoms with Crippen LogP contribution in [0.15, 0.2) is 18.2 Å². The van der Waals surface area contributed by atoms with E-state index < -0.39 is 0 Å². The summed E-state index contributed by atoms with van der Waals surface area (Å²) in [7, 11) is 1.41. The van der Waals surface area contributed by atoms with Gasteiger partial charge >= 0.3 is 5.97 Å². The molecule has 1 aliphatic heterocycles. The van der Waals surface area contributed by atoms with E-state index in [4.69, 9.17) is 27.9 Å². The Kier molecular flexibility index (Phi) is 5.73. The van der Waals surface area contributed by atoms with Crippen molar-refractivity contribution in [2.45, 2.75) is 12.5 Å². The van der Waals surface area contributed by atoms with Crippen LogP contribution in [-0.4, -0.2) is 19.6 Å². The molecule has 1 aromatic carbocycles. The van der Waals surface area contributed by atoms with Crippen molar-refractivity contribution < 1.29 is 9.53 Å². The predicted molar refractivity (Wildman–Crippen MR) is 74.6 cm³/mol. The molecule has 0 spiro atoms. The first-order valence-corrected chi connectivity index (χ1v) is 6.15. The maximum Gasteiger partial charge on any atom is 0.310 e. The maximum atomic E-state index is 11.6. The lowest BCUT2D eigenvalue weighted by atomic mass is 9.94. The summed E-state index contributed by atoms with van der Waals surface area (Å²) in [6.45, 7) is 0.796. The third-order valence-corrected chi connectivity index (χ3v) is 3.77. The average molecular weight is 311 g/mol. The summed E-state index contributed by atoms with van der Waals surface area (Å²) in [5, 5.41) is 4.30. The topological polar surface area (TPSA) is 38.3 Å². The van der Waals surface area contributed by atoms with Crippen LogP contribution >= 0.6 is 35.6 Å². The maximum absolute atomic E-state index is 11.6. The number of methoxy groups -OCH3 is 1. The monoisotopic (exact) mass is 309 g/mol. The zero-order valence-corrected chi connectivity index (χ0v) is 12.1. The number of hydrogen-bond acceptors (Lipinski definition) is 3. The molecule has 18 heavy (non-hydrogen) atoms. The van der Waals surface area contributed by atoms with Gasteiger partial charge in [-0.25, -0.2) is 0 Å². The first-order chi connectivity index (χ1) is 8.13. The molecule has 1 fully saturated rings. The molecule has 6 heteroatoms. The molecule has 2 atom stereocenters. The Balaban J connectivity index is 0.00000162. The van der Waals surface area contributed by atoms with E-state index in [-0.39, 0.29) is 30.3 Å². The summed E-state index contributed by atoms with van der Waals surface area (Å²) in [6, 6.07) is 5.38. The van der Waals surface area contributed by atoms with Crippen molar-refractivity contribution in [3.63, 3.8) is 0 Å². The Labute approximate surface area is 122 Å². The highest BCUT2D eigenvalue weighted by Gasteiger charge is 2.34. The van der Waals surface area contributed by atoms with Gasteiger partial charge in [0, 0.05) is 6.04 Å². The minimum absolute atomic E-state index is 0. The van der Waals surface area contributed by atoms with E-state index in [9.17, 15) is 4.79 Å². The van der Waals surface area contributed by atoms with Crippen molar-refractivity contribution in [1.82, 2.24) is 5.32 Å². The summed E-state index contributed by atoms with van der Waals surface area (Å²) in [5.41, 5.74) is 0.965. The number of carbonyl (C=O) groups is 1. The van der Waals surface area contributed by atoms with Gasteiger partial charge in [-0.2, -0.15) is 0 Å². The molecular weight excluding hydrogens is 296 g/mol. The number of benzene rings is 1. The molecule has 1 saturated heterocycles. The number of carbonyl (C=O) groups excluding carboxylic acids is 1. The summed E-state index contributed by atoms with van der Waals surface area (Å²) >= 11 is 11.8. The molecule has 1 aromatic rings. The third-order valence-electron chi connectivity index (χ3n) is 3.03. The highest BCUT2D eigenvalue weighted by Crippen LogP contribution is 2.33. The number of nitrogens with one attached hydrogen (secondary N) is 1. The van der Waals surface area contributed by atoms with E-state index in [0.29, 0.717) is 10.0 Å². The number of halogens is 3. The Morgan fingerprint density at radius 3 is 2.72 bits per heavy atom. The van der Waals surface area contributed by atoms with E-state index in [2.05, 4.69) is 5.32 Å². The Bertz CT molecular complexity index is 439. The van der Waals surface area contributed by atoms with Crippen LogP contribution in [0, 0.1) is 5.92 Å². The molecule has 100 valence electrons. The van der Waals surface area contributed by atoms with Crippen LogP contribution in [0.3, 0.4) is 0 Å². The summed E-state index contributed by atoms with van der Waals surface area (Å²) in [5.74, 6) is -0.344. The standard InChI is InChI=1S/C12H13Cl2NO2.ClH/c1-17-12(16)8-4-5-15-11(8)7-2-3-9(13)10(14)6-7;/h2-3,6,8,11,15H,4-5H2,1H3;1H. The Morgan fingerprint density at radius 2 is 2.11 bits per heavy atom. The van der Waals surface area contributed by atoms with Crippen molar-refractivity contribution in [3.8, 4) is 0 Å². The van der Waals surface area contributed by atoms with Crippen LogP contribution in [-0.2, 0) is 9.53 Å². The van der Waals surface area contributed by atoms with Gasteiger partial charge in [0.2, 0.25) is 0 Å². The van der Waals surface area contributed by atoms with Crippen molar-refractivity contribution in [3.05, 3.63) is 33.8 Å². The van der Waals surface area contributed by atoms with Gasteiger partial charge in [-0.15, -0.1) is 12.4 Å². The van der Waals surface area contributed by atoms with E-state index in [1.807, 2.05) is 6.07 Å². The molecular formula is C12H14Cl3NO2. The fourth-order valence-corrected chi connectivity index (χ4v) is 2.47. The quantitative estimate of drug-likeness (QED) is 0.852. The molecule has 2 rings (SSSR count). The first-order valence-electron chi connectivity index (χ1n) is 5.39. The van der Waals surface area contributed by atoms with Gasteiger partial charge in [0.15, 0.2) is 0 Å². The average Bonchev–Trinajstić information content (AvgIpc) is 2.80. The zero-order chi connectivity index (χ0) is 12.4.